The van der Waals surface area contributed by atoms with Gasteiger partial charge in [0.1, 0.15) is 13.2 Å². The standard InChI is InChI=1S/C68H132O6/c1-4-7-10-13-16-19-22-24-25-26-27-28-29-30-31-32-33-34-35-36-37-38-39-40-41-42-44-46-49-52-55-58-61-67(70)73-64-65(63-72-66(69)60-57-54-51-48-45-21-18-15-12-9-6-3)74-68(71)62-59-56-53-50-47-43-23-20-17-14-11-8-5-2/h65H,4-64H2,1-3H3. The second-order valence-electron chi connectivity index (χ2n) is 23.5. The maximum atomic E-state index is 12.8. The van der Waals surface area contributed by atoms with Crippen LogP contribution in [-0.4, -0.2) is 37.2 Å². The third-order valence-corrected chi connectivity index (χ3v) is 15.9. The molecule has 1 unspecified atom stereocenters. The van der Waals surface area contributed by atoms with Gasteiger partial charge in [-0.15, -0.1) is 0 Å². The van der Waals surface area contributed by atoms with Crippen LogP contribution in [0.5, 0.6) is 0 Å². The largest absolute Gasteiger partial charge is 0.462 e. The number of hydrogen-bond acceptors (Lipinski definition) is 6. The number of carbonyl (C=O) groups is 3. The van der Waals surface area contributed by atoms with Crippen molar-refractivity contribution in [3.05, 3.63) is 0 Å². The second-order valence-corrected chi connectivity index (χ2v) is 23.5. The second kappa shape index (κ2) is 63.9. The minimum absolute atomic E-state index is 0.0610. The van der Waals surface area contributed by atoms with Crippen LogP contribution < -0.4 is 0 Å². The molecule has 0 saturated heterocycles. The molecule has 6 heteroatoms. The van der Waals surface area contributed by atoms with Gasteiger partial charge in [-0.25, -0.2) is 0 Å². The van der Waals surface area contributed by atoms with Crippen LogP contribution in [0.25, 0.3) is 0 Å². The first-order chi connectivity index (χ1) is 36.5. The lowest BCUT2D eigenvalue weighted by atomic mass is 10.0. The summed E-state index contributed by atoms with van der Waals surface area (Å²) in [5, 5.41) is 0. The van der Waals surface area contributed by atoms with E-state index in [1.807, 2.05) is 0 Å². The summed E-state index contributed by atoms with van der Waals surface area (Å²) in [6.07, 6.45) is 74.4. The molecular formula is C68H132O6. The summed E-state index contributed by atoms with van der Waals surface area (Å²) in [6.45, 7) is 6.71. The molecule has 0 aromatic heterocycles. The Morgan fingerprint density at radius 1 is 0.216 bits per heavy atom. The van der Waals surface area contributed by atoms with E-state index in [2.05, 4.69) is 20.8 Å². The summed E-state index contributed by atoms with van der Waals surface area (Å²) in [7, 11) is 0. The van der Waals surface area contributed by atoms with E-state index in [-0.39, 0.29) is 31.1 Å². The molecule has 74 heavy (non-hydrogen) atoms. The zero-order valence-electron chi connectivity index (χ0n) is 50.7. The van der Waals surface area contributed by atoms with Gasteiger partial charge in [-0.05, 0) is 19.3 Å². The van der Waals surface area contributed by atoms with Gasteiger partial charge >= 0.3 is 17.9 Å². The van der Waals surface area contributed by atoms with E-state index in [4.69, 9.17) is 14.2 Å². The number of rotatable bonds is 64. The third-order valence-electron chi connectivity index (χ3n) is 15.9. The molecule has 0 aliphatic heterocycles. The molecule has 440 valence electrons. The normalized spacial score (nSPS) is 11.9. The van der Waals surface area contributed by atoms with E-state index in [1.54, 1.807) is 0 Å². The molecule has 1 atom stereocenters. The number of hydrogen-bond donors (Lipinski definition) is 0. The molecule has 0 saturated carbocycles. The molecule has 0 N–H and O–H groups in total. The molecule has 0 fully saturated rings. The maximum absolute atomic E-state index is 12.8. The van der Waals surface area contributed by atoms with E-state index < -0.39 is 6.10 Å². The molecule has 0 radical (unpaired) electrons. The highest BCUT2D eigenvalue weighted by Gasteiger charge is 2.19. The van der Waals surface area contributed by atoms with Gasteiger partial charge in [0.05, 0.1) is 0 Å². The predicted octanol–water partition coefficient (Wildman–Crippen LogP) is 23.1. The Hall–Kier alpha value is -1.59. The summed E-state index contributed by atoms with van der Waals surface area (Å²) >= 11 is 0. The molecule has 0 aromatic rings. The highest BCUT2D eigenvalue weighted by Crippen LogP contribution is 2.19. The first kappa shape index (κ1) is 72.4. The van der Waals surface area contributed by atoms with Crippen molar-refractivity contribution in [3.8, 4) is 0 Å². The number of esters is 3. The average Bonchev–Trinajstić information content (AvgIpc) is 3.40. The predicted molar refractivity (Wildman–Crippen MR) is 321 cm³/mol. The van der Waals surface area contributed by atoms with Crippen LogP contribution in [0.3, 0.4) is 0 Å². The summed E-state index contributed by atoms with van der Waals surface area (Å²) in [5.74, 6) is -0.830. The fourth-order valence-electron chi connectivity index (χ4n) is 10.7. The van der Waals surface area contributed by atoms with Crippen LogP contribution in [-0.2, 0) is 28.6 Å². The van der Waals surface area contributed by atoms with E-state index in [0.717, 1.165) is 57.8 Å². The van der Waals surface area contributed by atoms with Gasteiger partial charge in [0, 0.05) is 19.3 Å². The van der Waals surface area contributed by atoms with Gasteiger partial charge in [-0.2, -0.15) is 0 Å². The Balaban J connectivity index is 3.99. The minimum atomic E-state index is -0.761. The van der Waals surface area contributed by atoms with Crippen LogP contribution in [0.4, 0.5) is 0 Å². The quantitative estimate of drug-likeness (QED) is 0.0343. The van der Waals surface area contributed by atoms with Crippen LogP contribution in [0.1, 0.15) is 400 Å². The van der Waals surface area contributed by atoms with Crippen molar-refractivity contribution in [2.45, 2.75) is 406 Å². The van der Waals surface area contributed by atoms with Crippen molar-refractivity contribution < 1.29 is 28.6 Å². The highest BCUT2D eigenvalue weighted by molar-refractivity contribution is 5.71. The topological polar surface area (TPSA) is 78.9 Å². The van der Waals surface area contributed by atoms with Crippen LogP contribution in [0, 0.1) is 0 Å². The molecule has 6 nitrogen and oxygen atoms in total. The zero-order valence-corrected chi connectivity index (χ0v) is 50.7. The Morgan fingerprint density at radius 2 is 0.365 bits per heavy atom. The molecule has 0 aliphatic rings. The fourth-order valence-corrected chi connectivity index (χ4v) is 10.7. The van der Waals surface area contributed by atoms with Gasteiger partial charge < -0.3 is 14.2 Å². The third kappa shape index (κ3) is 61.3. The number of carbonyl (C=O) groups excluding carboxylic acids is 3. The van der Waals surface area contributed by atoms with Crippen molar-refractivity contribution in [2.24, 2.45) is 0 Å². The van der Waals surface area contributed by atoms with Crippen molar-refractivity contribution in [1.29, 1.82) is 0 Å². The maximum Gasteiger partial charge on any atom is 0.306 e. The monoisotopic (exact) mass is 1050 g/mol. The highest BCUT2D eigenvalue weighted by atomic mass is 16.6. The minimum Gasteiger partial charge on any atom is -0.462 e. The summed E-state index contributed by atoms with van der Waals surface area (Å²) in [6, 6.07) is 0. The van der Waals surface area contributed by atoms with Crippen LogP contribution in [0.15, 0.2) is 0 Å². The molecule has 0 aromatic carbocycles. The number of unbranched alkanes of at least 4 members (excludes halogenated alkanes) is 53. The van der Waals surface area contributed by atoms with E-state index >= 15 is 0 Å². The molecular weight excluding hydrogens is 913 g/mol. The van der Waals surface area contributed by atoms with E-state index in [1.165, 1.54) is 302 Å². The zero-order chi connectivity index (χ0) is 53.6. The molecule has 0 amide bonds. The van der Waals surface area contributed by atoms with Gasteiger partial charge in [0.2, 0.25) is 0 Å². The first-order valence-electron chi connectivity index (χ1n) is 34.0. The first-order valence-corrected chi connectivity index (χ1v) is 34.0. The Labute approximate surface area is 463 Å². The van der Waals surface area contributed by atoms with Crippen LogP contribution in [0.2, 0.25) is 0 Å². The lowest BCUT2D eigenvalue weighted by Crippen LogP contribution is -2.30. The summed E-state index contributed by atoms with van der Waals surface area (Å²) in [4.78, 5) is 38.2. The SMILES string of the molecule is CCCCCCCCCCCCCCCCCCCCCCCCCCCCCCCCCCC(=O)OCC(COC(=O)CCCCCCCCCCCCC)OC(=O)CCCCCCCCCCCCCCC. The summed E-state index contributed by atoms with van der Waals surface area (Å²) in [5.41, 5.74) is 0. The van der Waals surface area contributed by atoms with Crippen molar-refractivity contribution in [1.82, 2.24) is 0 Å². The van der Waals surface area contributed by atoms with Gasteiger partial charge in [0.25, 0.3) is 0 Å². The molecule has 0 aliphatic carbocycles. The fraction of sp³-hybridized carbons (Fsp3) is 0.956. The van der Waals surface area contributed by atoms with Gasteiger partial charge in [-0.3, -0.25) is 14.4 Å². The lowest BCUT2D eigenvalue weighted by molar-refractivity contribution is -0.167. The molecule has 0 heterocycles. The van der Waals surface area contributed by atoms with Crippen LogP contribution >= 0.6 is 0 Å². The number of ether oxygens (including phenoxy) is 3. The van der Waals surface area contributed by atoms with E-state index in [0.29, 0.717) is 19.3 Å². The van der Waals surface area contributed by atoms with Crippen molar-refractivity contribution in [3.63, 3.8) is 0 Å². The molecule has 0 rings (SSSR count). The lowest BCUT2D eigenvalue weighted by Gasteiger charge is -2.18. The smallest absolute Gasteiger partial charge is 0.306 e. The van der Waals surface area contributed by atoms with Crippen molar-refractivity contribution >= 4 is 17.9 Å². The Kier molecular flexibility index (Phi) is 62.6. The van der Waals surface area contributed by atoms with E-state index in [9.17, 15) is 14.4 Å². The Bertz CT molecular complexity index is 1110. The van der Waals surface area contributed by atoms with Gasteiger partial charge in [-0.1, -0.05) is 361 Å². The molecule has 0 bridgehead atoms. The summed E-state index contributed by atoms with van der Waals surface area (Å²) < 4.78 is 16.9. The van der Waals surface area contributed by atoms with Crippen molar-refractivity contribution in [2.75, 3.05) is 13.2 Å². The Morgan fingerprint density at radius 3 is 0.541 bits per heavy atom. The van der Waals surface area contributed by atoms with Gasteiger partial charge in [0.15, 0.2) is 6.10 Å². The molecule has 0 spiro atoms. The average molecular weight is 1050 g/mol.